The summed E-state index contributed by atoms with van der Waals surface area (Å²) < 4.78 is 0. The number of amides is 3. The fourth-order valence-electron chi connectivity index (χ4n) is 3.64. The van der Waals surface area contributed by atoms with E-state index in [2.05, 4.69) is 16.0 Å². The minimum atomic E-state index is -2.26. The maximum Gasteiger partial charge on any atom is 0.305 e. The van der Waals surface area contributed by atoms with Crippen molar-refractivity contribution in [3.8, 4) is 6.07 Å². The number of carboxylic acids is 1. The number of carboxylic acid groups (broad SMARTS) is 1. The summed E-state index contributed by atoms with van der Waals surface area (Å²) in [5.41, 5.74) is 6.02. The van der Waals surface area contributed by atoms with E-state index in [0.717, 1.165) is 0 Å². The lowest BCUT2D eigenvalue weighted by molar-refractivity contribution is -0.145. The molecule has 0 heterocycles. The van der Waals surface area contributed by atoms with E-state index in [0.29, 0.717) is 5.56 Å². The van der Waals surface area contributed by atoms with E-state index in [1.165, 1.54) is 0 Å². The van der Waals surface area contributed by atoms with Crippen molar-refractivity contribution in [3.05, 3.63) is 35.9 Å². The van der Waals surface area contributed by atoms with Gasteiger partial charge in [-0.2, -0.15) is 5.26 Å². The molecule has 216 valence electrons. The molecule has 7 atom stereocenters. The third-order valence-electron chi connectivity index (χ3n) is 5.76. The molecule has 0 aliphatic rings. The molecule has 0 spiro atoms. The molecule has 14 nitrogen and oxygen atoms in total. The predicted octanol–water partition coefficient (Wildman–Crippen LogP) is -2.35. The van der Waals surface area contributed by atoms with Crippen LogP contribution in [0, 0.1) is 17.2 Å². The van der Waals surface area contributed by atoms with Crippen molar-refractivity contribution in [2.45, 2.75) is 75.6 Å². The van der Waals surface area contributed by atoms with Crippen molar-refractivity contribution >= 4 is 23.7 Å². The quantitative estimate of drug-likeness (QED) is 0.105. The summed E-state index contributed by atoms with van der Waals surface area (Å²) in [5.74, 6) is -4.14. The van der Waals surface area contributed by atoms with Gasteiger partial charge in [-0.15, -0.1) is 0 Å². The minimum Gasteiger partial charge on any atom is -0.481 e. The first-order valence-corrected chi connectivity index (χ1v) is 12.3. The van der Waals surface area contributed by atoms with Crippen LogP contribution in [-0.2, 0) is 19.2 Å². The molecular weight excluding hydrogens is 514 g/mol. The van der Waals surface area contributed by atoms with Gasteiger partial charge >= 0.3 is 5.97 Å². The average Bonchev–Trinajstić information content (AvgIpc) is 2.89. The maximum absolute atomic E-state index is 12.9. The first-order chi connectivity index (χ1) is 18.3. The average molecular weight is 552 g/mol. The summed E-state index contributed by atoms with van der Waals surface area (Å²) in [6.07, 6.45) is -7.21. The van der Waals surface area contributed by atoms with Crippen molar-refractivity contribution in [3.63, 3.8) is 0 Å². The Labute approximate surface area is 225 Å². The molecule has 14 heteroatoms. The Kier molecular flexibility index (Phi) is 14.0. The van der Waals surface area contributed by atoms with Crippen LogP contribution in [0.25, 0.3) is 0 Å². The molecule has 0 bridgehead atoms. The summed E-state index contributed by atoms with van der Waals surface area (Å²) in [4.78, 5) is 48.9. The Morgan fingerprint density at radius 1 is 0.949 bits per heavy atom. The molecule has 0 saturated carbocycles. The van der Waals surface area contributed by atoms with E-state index in [-0.39, 0.29) is 18.8 Å². The van der Waals surface area contributed by atoms with Gasteiger partial charge in [-0.05, 0) is 17.9 Å². The molecule has 3 amide bonds. The topological polar surface area (TPSA) is 255 Å². The van der Waals surface area contributed by atoms with Gasteiger partial charge in [0.1, 0.15) is 18.2 Å². The van der Waals surface area contributed by atoms with Crippen LogP contribution in [0.15, 0.2) is 30.3 Å². The van der Waals surface area contributed by atoms with Crippen LogP contribution in [0.2, 0.25) is 0 Å². The van der Waals surface area contributed by atoms with Crippen LogP contribution >= 0.6 is 0 Å². The Balaban J connectivity index is 2.95. The lowest BCUT2D eigenvalue weighted by atomic mass is 9.98. The molecule has 0 aromatic heterocycles. The van der Waals surface area contributed by atoms with Crippen molar-refractivity contribution in [1.82, 2.24) is 16.0 Å². The molecule has 0 saturated heterocycles. The van der Waals surface area contributed by atoms with Gasteiger partial charge in [0.15, 0.2) is 6.10 Å². The van der Waals surface area contributed by atoms with Gasteiger partial charge in [-0.25, -0.2) is 0 Å². The normalized spacial score (nSPS) is 16.5. The van der Waals surface area contributed by atoms with Gasteiger partial charge in [0.05, 0.1) is 43.6 Å². The highest BCUT2D eigenvalue weighted by Crippen LogP contribution is 2.17. The molecule has 0 aliphatic heterocycles. The largest absolute Gasteiger partial charge is 0.481 e. The molecule has 10 N–H and O–H groups in total. The first-order valence-electron chi connectivity index (χ1n) is 12.3. The van der Waals surface area contributed by atoms with Crippen molar-refractivity contribution in [1.29, 1.82) is 5.26 Å². The van der Waals surface area contributed by atoms with Gasteiger partial charge in [-0.3, -0.25) is 19.2 Å². The maximum atomic E-state index is 12.9. The summed E-state index contributed by atoms with van der Waals surface area (Å²) in [6.45, 7) is 2.62. The second-order valence-electron chi connectivity index (χ2n) is 9.45. The SMILES string of the molecule is CC(C)C[C@H](NC(=O)[C@@H](N)CC#N)C(=O)N[C@@H](CO)[C@@H](O)[C@@H](O)[C@H](O)C(=O)N[C@@H](CC(=O)O)c1ccccc1. The highest BCUT2D eigenvalue weighted by atomic mass is 16.4. The minimum absolute atomic E-state index is 0.0924. The Hall–Kier alpha value is -3.61. The molecule has 0 fully saturated rings. The smallest absolute Gasteiger partial charge is 0.305 e. The highest BCUT2D eigenvalue weighted by Gasteiger charge is 2.37. The zero-order valence-electron chi connectivity index (χ0n) is 21.7. The summed E-state index contributed by atoms with van der Waals surface area (Å²) in [5, 5.41) is 66.0. The second-order valence-corrected chi connectivity index (χ2v) is 9.45. The van der Waals surface area contributed by atoms with Crippen molar-refractivity contribution in [2.24, 2.45) is 11.7 Å². The van der Waals surface area contributed by atoms with Gasteiger partial charge < -0.3 is 47.2 Å². The van der Waals surface area contributed by atoms with E-state index in [1.807, 2.05) is 0 Å². The number of nitrogens with zero attached hydrogens (tertiary/aromatic N) is 1. The van der Waals surface area contributed by atoms with Gasteiger partial charge in [0.25, 0.3) is 5.91 Å². The number of rotatable bonds is 16. The fraction of sp³-hybridized carbons (Fsp3) is 0.560. The Morgan fingerprint density at radius 2 is 1.56 bits per heavy atom. The second kappa shape index (κ2) is 16.4. The molecule has 1 aromatic rings. The Morgan fingerprint density at radius 3 is 2.08 bits per heavy atom. The number of aliphatic hydroxyl groups is 4. The molecule has 1 aromatic carbocycles. The van der Waals surface area contributed by atoms with Crippen LogP contribution in [0.4, 0.5) is 0 Å². The van der Waals surface area contributed by atoms with Crippen molar-refractivity contribution < 1.29 is 44.7 Å². The van der Waals surface area contributed by atoms with Crippen molar-refractivity contribution in [2.75, 3.05) is 6.61 Å². The van der Waals surface area contributed by atoms with Gasteiger partial charge in [0.2, 0.25) is 11.8 Å². The van der Waals surface area contributed by atoms with Crippen LogP contribution in [0.3, 0.4) is 0 Å². The monoisotopic (exact) mass is 551 g/mol. The zero-order valence-corrected chi connectivity index (χ0v) is 21.7. The number of hydrogen-bond acceptors (Lipinski definition) is 10. The van der Waals surface area contributed by atoms with E-state index < -0.39 is 79.2 Å². The highest BCUT2D eigenvalue weighted by molar-refractivity contribution is 5.90. The van der Waals surface area contributed by atoms with Crippen LogP contribution < -0.4 is 21.7 Å². The van der Waals surface area contributed by atoms with E-state index >= 15 is 0 Å². The summed E-state index contributed by atoms with van der Waals surface area (Å²) >= 11 is 0. The third-order valence-corrected chi connectivity index (χ3v) is 5.76. The molecule has 0 radical (unpaired) electrons. The molecular formula is C25H37N5O9. The number of nitrogens with one attached hydrogen (secondary N) is 3. The number of hydrogen-bond donors (Lipinski definition) is 9. The number of nitriles is 1. The van der Waals surface area contributed by atoms with Crippen LogP contribution in [0.1, 0.15) is 44.7 Å². The summed E-state index contributed by atoms with van der Waals surface area (Å²) in [6, 6.07) is 4.79. The zero-order chi connectivity index (χ0) is 29.7. The molecule has 39 heavy (non-hydrogen) atoms. The lowest BCUT2D eigenvalue weighted by Gasteiger charge is -2.31. The predicted molar refractivity (Wildman–Crippen MR) is 136 cm³/mol. The third kappa shape index (κ3) is 11.0. The number of carbonyl (C=O) groups excluding carboxylic acids is 3. The van der Waals surface area contributed by atoms with Gasteiger partial charge in [0, 0.05) is 0 Å². The van der Waals surface area contributed by atoms with Gasteiger partial charge in [-0.1, -0.05) is 44.2 Å². The summed E-state index contributed by atoms with van der Waals surface area (Å²) in [7, 11) is 0. The number of nitrogens with two attached hydrogens (primary N) is 1. The van der Waals surface area contributed by atoms with Crippen LogP contribution in [0.5, 0.6) is 0 Å². The first kappa shape index (κ1) is 33.4. The number of aliphatic hydroxyl groups excluding tert-OH is 4. The van der Waals surface area contributed by atoms with Crippen LogP contribution in [-0.4, -0.2) is 92.3 Å². The van der Waals surface area contributed by atoms with E-state index in [9.17, 15) is 44.7 Å². The van der Waals surface area contributed by atoms with E-state index in [1.54, 1.807) is 50.2 Å². The lowest BCUT2D eigenvalue weighted by Crippen LogP contribution is -2.60. The fourth-order valence-corrected chi connectivity index (χ4v) is 3.64. The molecule has 0 aliphatic carbocycles. The number of carbonyl (C=O) groups is 4. The van der Waals surface area contributed by atoms with E-state index in [4.69, 9.17) is 11.0 Å². The standard InChI is InChI=1S/C25H37N5O9/c1-13(2)10-17(29-23(37)15(27)8-9-26)24(38)30-18(12-31)20(34)21(35)22(36)25(39)28-16(11-19(32)33)14-6-4-3-5-7-14/h3-7,13,15-18,20-22,31,34-36H,8,10-12,27H2,1-2H3,(H,28,39)(H,29,37)(H,30,38)(H,32,33)/t15-,16-,17-,18-,20+,21+,22-/m0/s1. The Bertz CT molecular complexity index is 1000. The number of benzene rings is 1. The number of aliphatic carboxylic acids is 1. The molecule has 0 unspecified atom stereocenters. The molecule has 1 rings (SSSR count).